The molecule has 0 aliphatic heterocycles. The zero-order chi connectivity index (χ0) is 12.3. The zero-order valence-electron chi connectivity index (χ0n) is 8.31. The van der Waals surface area contributed by atoms with Crippen LogP contribution in [0.15, 0.2) is 42.2 Å². The summed E-state index contributed by atoms with van der Waals surface area (Å²) >= 11 is 7.85. The van der Waals surface area contributed by atoms with E-state index in [1.807, 2.05) is 11.4 Å². The van der Waals surface area contributed by atoms with E-state index < -0.39 is 0 Å². The molecule has 1 N–H and O–H groups in total. The molecule has 0 aliphatic rings. The molecule has 88 valence electrons. The summed E-state index contributed by atoms with van der Waals surface area (Å²) in [6.07, 6.45) is 1.43. The fourth-order valence-corrected chi connectivity index (χ4v) is 2.27. The van der Waals surface area contributed by atoms with E-state index in [9.17, 15) is 4.79 Å². The van der Waals surface area contributed by atoms with Crippen molar-refractivity contribution < 1.29 is 9.21 Å². The number of nitrogens with one attached hydrogen (secondary N) is 1. The second-order valence-electron chi connectivity index (χ2n) is 2.95. The summed E-state index contributed by atoms with van der Waals surface area (Å²) < 4.78 is 6.64. The Labute approximate surface area is 118 Å². The number of rotatable bonds is 3. The van der Waals surface area contributed by atoms with Gasteiger partial charge in [0, 0.05) is 6.07 Å². The van der Waals surface area contributed by atoms with Crippen molar-refractivity contribution >= 4 is 55.3 Å². The van der Waals surface area contributed by atoms with Gasteiger partial charge in [0.25, 0.3) is 5.91 Å². The molecule has 2 aromatic heterocycles. The van der Waals surface area contributed by atoms with Crippen molar-refractivity contribution in [3.8, 4) is 0 Å². The number of nitrogens with zero attached hydrogens (tertiary/aromatic N) is 1. The van der Waals surface area contributed by atoms with Crippen LogP contribution in [0.1, 0.15) is 15.4 Å². The number of halogens is 2. The standard InChI is InChI=1S/C10H6Br2N2O2S/c11-7-4-6(16-9(7)12)5-13-14-10(15)8-2-1-3-17-8/h1-5H,(H,14,15)/b13-5+. The molecule has 17 heavy (non-hydrogen) atoms. The van der Waals surface area contributed by atoms with Gasteiger partial charge in [0.1, 0.15) is 5.76 Å². The van der Waals surface area contributed by atoms with E-state index in [0.29, 0.717) is 15.3 Å². The molecule has 0 saturated heterocycles. The first-order valence-electron chi connectivity index (χ1n) is 4.48. The van der Waals surface area contributed by atoms with Gasteiger partial charge >= 0.3 is 0 Å². The van der Waals surface area contributed by atoms with Crippen molar-refractivity contribution in [1.82, 2.24) is 5.43 Å². The lowest BCUT2D eigenvalue weighted by Gasteiger charge is -1.93. The topological polar surface area (TPSA) is 54.6 Å². The molecule has 7 heteroatoms. The molecule has 4 nitrogen and oxygen atoms in total. The van der Waals surface area contributed by atoms with Crippen molar-refractivity contribution in [1.29, 1.82) is 0 Å². The van der Waals surface area contributed by atoms with Crippen LogP contribution in [0.5, 0.6) is 0 Å². The highest BCUT2D eigenvalue weighted by atomic mass is 79.9. The van der Waals surface area contributed by atoms with Gasteiger partial charge in [0.2, 0.25) is 0 Å². The molecular weight excluding hydrogens is 372 g/mol. The average molecular weight is 378 g/mol. The summed E-state index contributed by atoms with van der Waals surface area (Å²) in [4.78, 5) is 12.1. The highest BCUT2D eigenvalue weighted by Gasteiger charge is 2.05. The summed E-state index contributed by atoms with van der Waals surface area (Å²) in [6.45, 7) is 0. The number of amides is 1. The molecule has 0 atom stereocenters. The molecule has 0 bridgehead atoms. The van der Waals surface area contributed by atoms with E-state index in [1.54, 1.807) is 12.1 Å². The minimum Gasteiger partial charge on any atom is -0.447 e. The van der Waals surface area contributed by atoms with Crippen molar-refractivity contribution in [2.75, 3.05) is 0 Å². The minimum atomic E-state index is -0.235. The van der Waals surface area contributed by atoms with Crippen LogP contribution in [0, 0.1) is 0 Å². The summed E-state index contributed by atoms with van der Waals surface area (Å²) in [5, 5.41) is 5.63. The van der Waals surface area contributed by atoms with Gasteiger partial charge in [-0.25, -0.2) is 5.43 Å². The highest BCUT2D eigenvalue weighted by molar-refractivity contribution is 9.13. The van der Waals surface area contributed by atoms with Gasteiger partial charge in [-0.15, -0.1) is 11.3 Å². The average Bonchev–Trinajstić information content (AvgIpc) is 2.90. The van der Waals surface area contributed by atoms with Crippen LogP contribution in [0.3, 0.4) is 0 Å². The molecule has 0 unspecified atom stereocenters. The van der Waals surface area contributed by atoms with Gasteiger partial charge in [-0.3, -0.25) is 4.79 Å². The molecule has 1 amide bonds. The number of carbonyl (C=O) groups is 1. The first-order valence-corrected chi connectivity index (χ1v) is 6.95. The first-order chi connectivity index (χ1) is 8.16. The summed E-state index contributed by atoms with van der Waals surface area (Å²) in [5.74, 6) is 0.302. The van der Waals surface area contributed by atoms with Crippen LogP contribution in [0.4, 0.5) is 0 Å². The van der Waals surface area contributed by atoms with Gasteiger partial charge in [0.15, 0.2) is 4.67 Å². The fraction of sp³-hybridized carbons (Fsp3) is 0. The number of thiophene rings is 1. The lowest BCUT2D eigenvalue weighted by atomic mass is 10.4. The minimum absolute atomic E-state index is 0.235. The van der Waals surface area contributed by atoms with Crippen LogP contribution in [0.25, 0.3) is 0 Å². The Morgan fingerprint density at radius 2 is 2.35 bits per heavy atom. The van der Waals surface area contributed by atoms with Crippen molar-refractivity contribution in [2.45, 2.75) is 0 Å². The molecule has 2 rings (SSSR count). The highest BCUT2D eigenvalue weighted by Crippen LogP contribution is 2.25. The van der Waals surface area contributed by atoms with Crippen LogP contribution < -0.4 is 5.43 Å². The van der Waals surface area contributed by atoms with Gasteiger partial charge in [-0.1, -0.05) is 6.07 Å². The van der Waals surface area contributed by atoms with E-state index in [-0.39, 0.29) is 5.91 Å². The summed E-state index contributed by atoms with van der Waals surface area (Å²) in [6, 6.07) is 5.28. The Morgan fingerprint density at radius 1 is 1.53 bits per heavy atom. The molecular formula is C10H6Br2N2O2S. The zero-order valence-corrected chi connectivity index (χ0v) is 12.3. The quantitative estimate of drug-likeness (QED) is 0.655. The normalized spacial score (nSPS) is 10.9. The molecule has 2 heterocycles. The molecule has 0 aliphatic carbocycles. The maximum Gasteiger partial charge on any atom is 0.281 e. The van der Waals surface area contributed by atoms with Crippen molar-refractivity contribution in [2.24, 2.45) is 5.10 Å². The number of hydrogen-bond donors (Lipinski definition) is 1. The summed E-state index contributed by atoms with van der Waals surface area (Å²) in [5.41, 5.74) is 2.41. The predicted molar refractivity (Wildman–Crippen MR) is 73.5 cm³/mol. The maximum atomic E-state index is 11.5. The molecule has 0 spiro atoms. The van der Waals surface area contributed by atoms with Crippen LogP contribution in [-0.2, 0) is 0 Å². The van der Waals surface area contributed by atoms with Gasteiger partial charge < -0.3 is 4.42 Å². The molecule has 0 fully saturated rings. The Kier molecular flexibility index (Phi) is 4.14. The lowest BCUT2D eigenvalue weighted by molar-refractivity contribution is 0.0959. The molecule has 0 aromatic carbocycles. The van der Waals surface area contributed by atoms with Crippen molar-refractivity contribution in [3.05, 3.63) is 43.4 Å². The van der Waals surface area contributed by atoms with Gasteiger partial charge in [-0.05, 0) is 43.3 Å². The van der Waals surface area contributed by atoms with Crippen LogP contribution >= 0.6 is 43.2 Å². The van der Waals surface area contributed by atoms with Gasteiger partial charge in [-0.2, -0.15) is 5.10 Å². The first kappa shape index (κ1) is 12.5. The number of carbonyl (C=O) groups excluding carboxylic acids is 1. The molecule has 0 saturated carbocycles. The Morgan fingerprint density at radius 3 is 2.94 bits per heavy atom. The van der Waals surface area contributed by atoms with Crippen LogP contribution in [0.2, 0.25) is 0 Å². The molecule has 2 aromatic rings. The third-order valence-electron chi connectivity index (χ3n) is 1.77. The third kappa shape index (κ3) is 3.27. The fourth-order valence-electron chi connectivity index (χ4n) is 1.04. The molecule has 0 radical (unpaired) electrons. The number of hydrogen-bond acceptors (Lipinski definition) is 4. The Bertz CT molecular complexity index is 529. The lowest BCUT2D eigenvalue weighted by Crippen LogP contribution is -2.15. The monoisotopic (exact) mass is 376 g/mol. The van der Waals surface area contributed by atoms with E-state index in [4.69, 9.17) is 4.42 Å². The van der Waals surface area contributed by atoms with Gasteiger partial charge in [0.05, 0.1) is 15.6 Å². The van der Waals surface area contributed by atoms with Crippen molar-refractivity contribution in [3.63, 3.8) is 0 Å². The Hall–Kier alpha value is -0.920. The predicted octanol–water partition coefficient (Wildman–Crippen LogP) is 3.63. The second kappa shape index (κ2) is 5.61. The van der Waals surface area contributed by atoms with E-state index in [0.717, 1.165) is 4.47 Å². The van der Waals surface area contributed by atoms with Crippen LogP contribution in [-0.4, -0.2) is 12.1 Å². The van der Waals surface area contributed by atoms with E-state index >= 15 is 0 Å². The maximum absolute atomic E-state index is 11.5. The number of furan rings is 1. The summed E-state index contributed by atoms with van der Waals surface area (Å²) in [7, 11) is 0. The number of hydrazone groups is 1. The smallest absolute Gasteiger partial charge is 0.281 e. The Balaban J connectivity index is 1.96. The second-order valence-corrected chi connectivity index (χ2v) is 5.47. The third-order valence-corrected chi connectivity index (χ3v) is 4.35. The van der Waals surface area contributed by atoms with E-state index in [2.05, 4.69) is 42.4 Å². The van der Waals surface area contributed by atoms with E-state index in [1.165, 1.54) is 17.6 Å². The SMILES string of the molecule is O=C(N/N=C/c1cc(Br)c(Br)o1)c1cccs1. The largest absolute Gasteiger partial charge is 0.447 e.